The maximum absolute atomic E-state index is 12.4. The minimum Gasteiger partial charge on any atom is -0.327 e. The average molecular weight is 203 g/mol. The zero-order chi connectivity index (χ0) is 10.6. The molecular weight excluding hydrogens is 188 g/mol. The van der Waals surface area contributed by atoms with Crippen LogP contribution in [0.4, 0.5) is 8.78 Å². The summed E-state index contributed by atoms with van der Waals surface area (Å²) in [6, 6.07) is 0. The summed E-state index contributed by atoms with van der Waals surface area (Å²) in [5, 5.41) is 0. The summed E-state index contributed by atoms with van der Waals surface area (Å²) in [7, 11) is 0. The Morgan fingerprint density at radius 3 is 2.64 bits per heavy atom. The topological polar surface area (TPSA) is 20.3 Å². The van der Waals surface area contributed by atoms with Gasteiger partial charge in [-0.3, -0.25) is 4.79 Å². The van der Waals surface area contributed by atoms with Crippen molar-refractivity contribution in [1.82, 2.24) is 4.90 Å². The number of hydrogen-bond acceptors (Lipinski definition) is 1. The Balaban J connectivity index is 2.20. The first kappa shape index (κ1) is 11.1. The Hall–Kier alpha value is -0.930. The molecule has 1 saturated heterocycles. The SMILES string of the molecule is CCCCC=CC(=O)N1CC(F)(F)C1. The van der Waals surface area contributed by atoms with Crippen LogP contribution in [0.25, 0.3) is 0 Å². The van der Waals surface area contributed by atoms with Crippen molar-refractivity contribution in [1.29, 1.82) is 0 Å². The van der Waals surface area contributed by atoms with Gasteiger partial charge in [0.05, 0.1) is 13.1 Å². The lowest BCUT2D eigenvalue weighted by atomic mass is 10.1. The molecule has 1 aliphatic rings. The number of nitrogens with zero attached hydrogens (tertiary/aromatic N) is 1. The minimum atomic E-state index is -2.66. The molecule has 1 fully saturated rings. The third kappa shape index (κ3) is 3.09. The van der Waals surface area contributed by atoms with Crippen LogP contribution in [-0.2, 0) is 4.79 Å². The number of likely N-dealkylation sites (tertiary alicyclic amines) is 1. The van der Waals surface area contributed by atoms with Crippen molar-refractivity contribution in [3.63, 3.8) is 0 Å². The highest BCUT2D eigenvalue weighted by Gasteiger charge is 2.45. The minimum absolute atomic E-state index is 0.299. The van der Waals surface area contributed by atoms with E-state index in [0.29, 0.717) is 0 Å². The van der Waals surface area contributed by atoms with Gasteiger partial charge >= 0.3 is 0 Å². The van der Waals surface area contributed by atoms with E-state index in [9.17, 15) is 13.6 Å². The third-order valence-corrected chi connectivity index (χ3v) is 2.14. The van der Waals surface area contributed by atoms with Crippen LogP contribution in [0.3, 0.4) is 0 Å². The zero-order valence-electron chi connectivity index (χ0n) is 8.30. The van der Waals surface area contributed by atoms with E-state index in [2.05, 4.69) is 6.92 Å². The summed E-state index contributed by atoms with van der Waals surface area (Å²) in [5.41, 5.74) is 0. The summed E-state index contributed by atoms with van der Waals surface area (Å²) in [6.07, 6.45) is 6.08. The van der Waals surface area contributed by atoms with Gasteiger partial charge in [0, 0.05) is 0 Å². The molecule has 0 bridgehead atoms. The first-order chi connectivity index (χ1) is 6.55. The van der Waals surface area contributed by atoms with Crippen LogP contribution in [0.2, 0.25) is 0 Å². The van der Waals surface area contributed by atoms with Gasteiger partial charge in [-0.1, -0.05) is 25.8 Å². The van der Waals surface area contributed by atoms with Gasteiger partial charge in [0.2, 0.25) is 5.91 Å². The van der Waals surface area contributed by atoms with Crippen LogP contribution < -0.4 is 0 Å². The van der Waals surface area contributed by atoms with Gasteiger partial charge < -0.3 is 4.90 Å². The normalized spacial score (nSPS) is 19.8. The van der Waals surface area contributed by atoms with Crippen LogP contribution in [0, 0.1) is 0 Å². The maximum Gasteiger partial charge on any atom is 0.282 e. The molecule has 1 heterocycles. The van der Waals surface area contributed by atoms with Crippen molar-refractivity contribution < 1.29 is 13.6 Å². The van der Waals surface area contributed by atoms with Gasteiger partial charge in [0.15, 0.2) is 0 Å². The largest absolute Gasteiger partial charge is 0.327 e. The number of amides is 1. The predicted molar refractivity (Wildman–Crippen MR) is 50.2 cm³/mol. The zero-order valence-corrected chi connectivity index (χ0v) is 8.30. The van der Waals surface area contributed by atoms with Crippen LogP contribution in [0.15, 0.2) is 12.2 Å². The fraction of sp³-hybridized carbons (Fsp3) is 0.700. The standard InChI is InChI=1S/C10H15F2NO/c1-2-3-4-5-6-9(14)13-7-10(11,12)8-13/h5-6H,2-4,7-8H2,1H3. The summed E-state index contributed by atoms with van der Waals surface area (Å²) < 4.78 is 24.7. The van der Waals surface area contributed by atoms with Gasteiger partial charge in [-0.2, -0.15) is 0 Å². The second-order valence-corrected chi connectivity index (χ2v) is 3.59. The predicted octanol–water partition coefficient (Wildman–Crippen LogP) is 2.21. The summed E-state index contributed by atoms with van der Waals surface area (Å²) >= 11 is 0. The molecule has 0 aromatic heterocycles. The van der Waals surface area contributed by atoms with Gasteiger partial charge in [0.1, 0.15) is 0 Å². The molecule has 0 spiro atoms. The third-order valence-electron chi connectivity index (χ3n) is 2.14. The molecule has 1 rings (SSSR count). The van der Waals surface area contributed by atoms with Gasteiger partial charge in [0.25, 0.3) is 5.92 Å². The quantitative estimate of drug-likeness (QED) is 0.506. The Kier molecular flexibility index (Phi) is 3.61. The Bertz CT molecular complexity index is 230. The number of halogens is 2. The van der Waals surface area contributed by atoms with Crippen molar-refractivity contribution in [2.45, 2.75) is 32.1 Å². The van der Waals surface area contributed by atoms with Crippen LogP contribution in [-0.4, -0.2) is 29.8 Å². The summed E-state index contributed by atoms with van der Waals surface area (Å²) in [6.45, 7) is 1.21. The first-order valence-electron chi connectivity index (χ1n) is 4.88. The summed E-state index contributed by atoms with van der Waals surface area (Å²) in [5.74, 6) is -2.96. The fourth-order valence-electron chi connectivity index (χ4n) is 1.28. The second kappa shape index (κ2) is 4.53. The number of carbonyl (C=O) groups is 1. The first-order valence-corrected chi connectivity index (χ1v) is 4.88. The van der Waals surface area contributed by atoms with E-state index in [1.807, 2.05) is 0 Å². The molecular formula is C10H15F2NO. The van der Waals surface area contributed by atoms with E-state index in [0.717, 1.165) is 24.2 Å². The fourth-order valence-corrected chi connectivity index (χ4v) is 1.28. The number of rotatable bonds is 4. The Morgan fingerprint density at radius 1 is 1.50 bits per heavy atom. The Morgan fingerprint density at radius 2 is 2.14 bits per heavy atom. The van der Waals surface area contributed by atoms with E-state index < -0.39 is 19.0 Å². The molecule has 4 heteroatoms. The lowest BCUT2D eigenvalue weighted by Gasteiger charge is -2.37. The van der Waals surface area contributed by atoms with E-state index in [-0.39, 0.29) is 5.91 Å². The smallest absolute Gasteiger partial charge is 0.282 e. The molecule has 80 valence electrons. The average Bonchev–Trinajstić information content (AvgIpc) is 2.08. The molecule has 0 aliphatic carbocycles. The second-order valence-electron chi connectivity index (χ2n) is 3.59. The van der Waals surface area contributed by atoms with E-state index in [1.54, 1.807) is 6.08 Å². The van der Waals surface area contributed by atoms with Gasteiger partial charge in [-0.25, -0.2) is 8.78 Å². The highest BCUT2D eigenvalue weighted by molar-refractivity contribution is 5.88. The number of unbranched alkanes of at least 4 members (excludes halogenated alkanes) is 2. The molecule has 0 aromatic carbocycles. The Labute approximate surface area is 82.6 Å². The van der Waals surface area contributed by atoms with Crippen LogP contribution >= 0.6 is 0 Å². The number of allylic oxidation sites excluding steroid dienone is 1. The molecule has 0 N–H and O–H groups in total. The number of carbonyl (C=O) groups excluding carboxylic acids is 1. The number of hydrogen-bond donors (Lipinski definition) is 0. The molecule has 1 amide bonds. The van der Waals surface area contributed by atoms with Gasteiger partial charge in [-0.15, -0.1) is 0 Å². The molecule has 0 radical (unpaired) electrons. The monoisotopic (exact) mass is 203 g/mol. The molecule has 0 aromatic rings. The molecule has 0 atom stereocenters. The summed E-state index contributed by atoms with van der Waals surface area (Å²) in [4.78, 5) is 12.3. The highest BCUT2D eigenvalue weighted by Crippen LogP contribution is 2.26. The van der Waals surface area contributed by atoms with Gasteiger partial charge in [-0.05, 0) is 12.5 Å². The molecule has 1 aliphatic heterocycles. The molecule has 0 saturated carbocycles. The molecule has 2 nitrogen and oxygen atoms in total. The van der Waals surface area contributed by atoms with Crippen LogP contribution in [0.5, 0.6) is 0 Å². The number of alkyl halides is 2. The van der Waals surface area contributed by atoms with Crippen molar-refractivity contribution in [2.24, 2.45) is 0 Å². The molecule has 14 heavy (non-hydrogen) atoms. The van der Waals surface area contributed by atoms with Crippen molar-refractivity contribution >= 4 is 5.91 Å². The van der Waals surface area contributed by atoms with E-state index in [1.165, 1.54) is 6.08 Å². The maximum atomic E-state index is 12.4. The molecule has 0 unspecified atom stereocenters. The van der Waals surface area contributed by atoms with E-state index >= 15 is 0 Å². The highest BCUT2D eigenvalue weighted by atomic mass is 19.3. The van der Waals surface area contributed by atoms with E-state index in [4.69, 9.17) is 0 Å². The van der Waals surface area contributed by atoms with Crippen molar-refractivity contribution in [3.05, 3.63) is 12.2 Å². The lowest BCUT2D eigenvalue weighted by molar-refractivity contribution is -0.160. The lowest BCUT2D eigenvalue weighted by Crippen LogP contribution is -2.58. The van der Waals surface area contributed by atoms with Crippen molar-refractivity contribution in [3.8, 4) is 0 Å². The van der Waals surface area contributed by atoms with Crippen LogP contribution in [0.1, 0.15) is 26.2 Å². The van der Waals surface area contributed by atoms with Crippen molar-refractivity contribution in [2.75, 3.05) is 13.1 Å².